The van der Waals surface area contributed by atoms with Crippen LogP contribution in [0.3, 0.4) is 0 Å². The Labute approximate surface area is 117 Å². The maximum absolute atomic E-state index is 11.2. The number of hydrogen-bond donors (Lipinski definition) is 1. The minimum Gasteiger partial charge on any atom is -0.355 e. The zero-order chi connectivity index (χ0) is 14.1. The van der Waals surface area contributed by atoms with Crippen LogP contribution in [0.5, 0.6) is 0 Å². The summed E-state index contributed by atoms with van der Waals surface area (Å²) in [5.41, 5.74) is 2.51. The molecule has 1 saturated heterocycles. The molecule has 0 aliphatic carbocycles. The average molecular weight is 271 g/mol. The number of amides is 1. The van der Waals surface area contributed by atoms with E-state index >= 15 is 0 Å². The first-order valence-corrected chi connectivity index (χ1v) is 6.81. The van der Waals surface area contributed by atoms with Gasteiger partial charge < -0.3 is 4.90 Å². The normalized spacial score (nSPS) is 14.8. The van der Waals surface area contributed by atoms with Gasteiger partial charge in [-0.15, -0.1) is 0 Å². The molecule has 6 nitrogen and oxygen atoms in total. The van der Waals surface area contributed by atoms with Gasteiger partial charge >= 0.3 is 0 Å². The monoisotopic (exact) mass is 271 g/mol. The van der Waals surface area contributed by atoms with E-state index in [9.17, 15) is 4.79 Å². The van der Waals surface area contributed by atoms with E-state index in [1.807, 2.05) is 19.1 Å². The van der Waals surface area contributed by atoms with Crippen molar-refractivity contribution in [2.45, 2.75) is 26.7 Å². The van der Waals surface area contributed by atoms with E-state index in [4.69, 9.17) is 0 Å². The highest BCUT2D eigenvalue weighted by Gasteiger charge is 2.19. The molecular weight excluding hydrogens is 254 g/mol. The number of fused-ring (bicyclic) bond motifs is 1. The maximum Gasteiger partial charge on any atom is 0.232 e. The van der Waals surface area contributed by atoms with Gasteiger partial charge in [-0.3, -0.25) is 10.1 Å². The number of nitrogens with one attached hydrogen (secondary N) is 1. The second-order valence-electron chi connectivity index (χ2n) is 5.07. The van der Waals surface area contributed by atoms with Crippen molar-refractivity contribution in [3.05, 3.63) is 17.8 Å². The van der Waals surface area contributed by atoms with Crippen molar-refractivity contribution in [1.82, 2.24) is 15.0 Å². The number of nitrogens with zero attached hydrogens (tertiary/aromatic N) is 4. The van der Waals surface area contributed by atoms with Crippen molar-refractivity contribution in [1.29, 1.82) is 0 Å². The predicted octanol–water partition coefficient (Wildman–Crippen LogP) is 1.89. The molecule has 1 N–H and O–H groups in total. The molecule has 2 aromatic rings. The summed E-state index contributed by atoms with van der Waals surface area (Å²) in [4.78, 5) is 26.8. The van der Waals surface area contributed by atoms with Crippen LogP contribution in [0.25, 0.3) is 11.0 Å². The quantitative estimate of drug-likeness (QED) is 0.903. The number of carbonyl (C=O) groups is 1. The largest absolute Gasteiger partial charge is 0.355 e. The highest BCUT2D eigenvalue weighted by Crippen LogP contribution is 2.26. The molecule has 3 rings (SSSR count). The summed E-state index contributed by atoms with van der Waals surface area (Å²) < 4.78 is 0. The van der Waals surface area contributed by atoms with Crippen LogP contribution < -0.4 is 10.2 Å². The van der Waals surface area contributed by atoms with Gasteiger partial charge in [0, 0.05) is 25.7 Å². The van der Waals surface area contributed by atoms with Crippen LogP contribution in [-0.2, 0) is 4.79 Å². The van der Waals surface area contributed by atoms with E-state index in [1.165, 1.54) is 6.92 Å². The molecule has 2 aromatic heterocycles. The average Bonchev–Trinajstić information content (AvgIpc) is 2.91. The fourth-order valence-electron chi connectivity index (χ4n) is 2.46. The molecule has 6 heteroatoms. The summed E-state index contributed by atoms with van der Waals surface area (Å²) in [6, 6.07) is 3.84. The van der Waals surface area contributed by atoms with Gasteiger partial charge in [-0.2, -0.15) is 4.98 Å². The van der Waals surface area contributed by atoms with E-state index in [2.05, 4.69) is 25.2 Å². The van der Waals surface area contributed by atoms with Crippen molar-refractivity contribution in [3.63, 3.8) is 0 Å². The van der Waals surface area contributed by atoms with Gasteiger partial charge in [-0.05, 0) is 31.9 Å². The van der Waals surface area contributed by atoms with Crippen molar-refractivity contribution in [2.24, 2.45) is 0 Å². The molecule has 0 aromatic carbocycles. The topological polar surface area (TPSA) is 71.0 Å². The molecule has 1 aliphatic heterocycles. The van der Waals surface area contributed by atoms with Crippen LogP contribution >= 0.6 is 0 Å². The number of aryl methyl sites for hydroxylation is 1. The van der Waals surface area contributed by atoms with Crippen LogP contribution in [0.2, 0.25) is 0 Å². The SMILES string of the molecule is CC(=O)Nc1nc(N2CCCC2)c2nc(C)ccc2n1. The number of anilines is 2. The van der Waals surface area contributed by atoms with Gasteiger partial charge in [0.25, 0.3) is 0 Å². The van der Waals surface area contributed by atoms with Crippen LogP contribution in [0.15, 0.2) is 12.1 Å². The van der Waals surface area contributed by atoms with Crippen LogP contribution in [0, 0.1) is 6.92 Å². The summed E-state index contributed by atoms with van der Waals surface area (Å²) in [5.74, 6) is 0.995. The minimum absolute atomic E-state index is 0.170. The van der Waals surface area contributed by atoms with E-state index in [0.717, 1.165) is 48.5 Å². The third kappa shape index (κ3) is 2.41. The minimum atomic E-state index is -0.170. The molecule has 104 valence electrons. The number of carbonyl (C=O) groups excluding carboxylic acids is 1. The molecule has 0 saturated carbocycles. The molecule has 20 heavy (non-hydrogen) atoms. The van der Waals surface area contributed by atoms with Crippen molar-refractivity contribution >= 4 is 28.7 Å². The summed E-state index contributed by atoms with van der Waals surface area (Å²) >= 11 is 0. The van der Waals surface area contributed by atoms with E-state index in [0.29, 0.717) is 5.95 Å². The fourth-order valence-corrected chi connectivity index (χ4v) is 2.46. The first-order valence-electron chi connectivity index (χ1n) is 6.81. The zero-order valence-electron chi connectivity index (χ0n) is 11.7. The Morgan fingerprint density at radius 1 is 1.20 bits per heavy atom. The molecule has 0 atom stereocenters. The summed E-state index contributed by atoms with van der Waals surface area (Å²) in [6.45, 7) is 5.36. The molecule has 1 fully saturated rings. The van der Waals surface area contributed by atoms with Crippen LogP contribution in [-0.4, -0.2) is 33.9 Å². The third-order valence-electron chi connectivity index (χ3n) is 3.36. The lowest BCUT2D eigenvalue weighted by Gasteiger charge is -2.18. The summed E-state index contributed by atoms with van der Waals surface area (Å²) in [7, 11) is 0. The summed E-state index contributed by atoms with van der Waals surface area (Å²) in [5, 5.41) is 2.66. The Hall–Kier alpha value is -2.24. The lowest BCUT2D eigenvalue weighted by Crippen LogP contribution is -2.21. The van der Waals surface area contributed by atoms with E-state index in [1.54, 1.807) is 0 Å². The lowest BCUT2D eigenvalue weighted by atomic mass is 10.3. The lowest BCUT2D eigenvalue weighted by molar-refractivity contribution is -0.114. The Morgan fingerprint density at radius 3 is 2.65 bits per heavy atom. The third-order valence-corrected chi connectivity index (χ3v) is 3.36. The van der Waals surface area contributed by atoms with Crippen molar-refractivity contribution in [3.8, 4) is 0 Å². The molecule has 1 aliphatic rings. The smallest absolute Gasteiger partial charge is 0.232 e. The van der Waals surface area contributed by atoms with Crippen LogP contribution in [0.1, 0.15) is 25.5 Å². The summed E-state index contributed by atoms with van der Waals surface area (Å²) in [6.07, 6.45) is 2.32. The second kappa shape index (κ2) is 5.03. The molecule has 0 spiro atoms. The number of aromatic nitrogens is 3. The first-order chi connectivity index (χ1) is 9.63. The van der Waals surface area contributed by atoms with Crippen molar-refractivity contribution < 1.29 is 4.79 Å². The highest BCUT2D eigenvalue weighted by atomic mass is 16.1. The van der Waals surface area contributed by atoms with E-state index in [-0.39, 0.29) is 5.91 Å². The fraction of sp³-hybridized carbons (Fsp3) is 0.429. The van der Waals surface area contributed by atoms with Gasteiger partial charge in [0.15, 0.2) is 5.82 Å². The first kappa shape index (κ1) is 12.8. The van der Waals surface area contributed by atoms with E-state index < -0.39 is 0 Å². The van der Waals surface area contributed by atoms with Gasteiger partial charge in [-0.1, -0.05) is 0 Å². The number of pyridine rings is 1. The van der Waals surface area contributed by atoms with Gasteiger partial charge in [0.05, 0.1) is 5.52 Å². The second-order valence-corrected chi connectivity index (χ2v) is 5.07. The molecule has 0 radical (unpaired) electrons. The molecule has 0 unspecified atom stereocenters. The Kier molecular flexibility index (Phi) is 3.22. The molecule has 0 bridgehead atoms. The number of hydrogen-bond acceptors (Lipinski definition) is 5. The Bertz CT molecular complexity index is 664. The zero-order valence-corrected chi connectivity index (χ0v) is 11.7. The molecule has 1 amide bonds. The van der Waals surface area contributed by atoms with Crippen molar-refractivity contribution in [2.75, 3.05) is 23.3 Å². The van der Waals surface area contributed by atoms with Crippen LogP contribution in [0.4, 0.5) is 11.8 Å². The predicted molar refractivity (Wildman–Crippen MR) is 77.8 cm³/mol. The maximum atomic E-state index is 11.2. The molecule has 3 heterocycles. The Morgan fingerprint density at radius 2 is 1.95 bits per heavy atom. The van der Waals surface area contributed by atoms with Gasteiger partial charge in [-0.25, -0.2) is 9.97 Å². The van der Waals surface area contributed by atoms with Gasteiger partial charge in [0.2, 0.25) is 11.9 Å². The number of rotatable bonds is 2. The molecular formula is C14H17N5O. The Balaban J connectivity index is 2.16. The standard InChI is InChI=1S/C14H17N5O/c1-9-5-6-11-12(15-9)13(19-7-3-4-8-19)18-14(17-11)16-10(2)20/h5-6H,3-4,7-8H2,1-2H3,(H,16,17,18,20). The highest BCUT2D eigenvalue weighted by molar-refractivity contribution is 5.91. The van der Waals surface area contributed by atoms with Gasteiger partial charge in [0.1, 0.15) is 5.52 Å².